The maximum absolute atomic E-state index is 13.5. The summed E-state index contributed by atoms with van der Waals surface area (Å²) in [5.74, 6) is 1.57. The van der Waals surface area contributed by atoms with E-state index in [0.717, 1.165) is 99.2 Å². The Balaban J connectivity index is 0.822. The van der Waals surface area contributed by atoms with E-state index in [9.17, 15) is 14.4 Å². The number of rotatable bonds is 9. The third-order valence-corrected chi connectivity index (χ3v) is 11.2. The van der Waals surface area contributed by atoms with Crippen molar-refractivity contribution in [3.63, 3.8) is 0 Å². The molecule has 276 valence electrons. The van der Waals surface area contributed by atoms with Crippen LogP contribution in [-0.4, -0.2) is 88.0 Å². The number of halogens is 1. The Morgan fingerprint density at radius 1 is 0.962 bits per heavy atom. The van der Waals surface area contributed by atoms with E-state index in [2.05, 4.69) is 36.1 Å². The van der Waals surface area contributed by atoms with Gasteiger partial charge in [0, 0.05) is 81.8 Å². The number of ether oxygens (including phenoxy) is 1. The lowest BCUT2D eigenvalue weighted by molar-refractivity contribution is -0.138. The number of piperazine rings is 1. The van der Waals surface area contributed by atoms with Gasteiger partial charge in [-0.25, -0.2) is 4.98 Å². The Morgan fingerprint density at radius 3 is 2.42 bits per heavy atom. The molecule has 5 heterocycles. The third-order valence-electron chi connectivity index (χ3n) is 10.8. The zero-order chi connectivity index (χ0) is 36.9. The number of anilines is 1. The molecular formula is C40H45ClN8O4. The van der Waals surface area contributed by atoms with Gasteiger partial charge < -0.3 is 24.8 Å². The third kappa shape index (κ3) is 8.64. The Labute approximate surface area is 314 Å². The number of hydrogen-bond donors (Lipinski definition) is 2. The fraction of sp³-hybridized carbons (Fsp3) is 0.450. The zero-order valence-electron chi connectivity index (χ0n) is 30.0. The van der Waals surface area contributed by atoms with Crippen molar-refractivity contribution in [3.05, 3.63) is 92.5 Å². The number of aromatic amines is 1. The highest BCUT2D eigenvalue weighted by molar-refractivity contribution is 6.31. The van der Waals surface area contributed by atoms with E-state index in [0.29, 0.717) is 41.4 Å². The van der Waals surface area contributed by atoms with Crippen LogP contribution in [0.1, 0.15) is 72.5 Å². The molecule has 13 heteroatoms. The molecule has 0 radical (unpaired) electrons. The van der Waals surface area contributed by atoms with Crippen molar-refractivity contribution in [3.8, 4) is 11.8 Å². The van der Waals surface area contributed by atoms with Crippen molar-refractivity contribution < 1.29 is 14.3 Å². The van der Waals surface area contributed by atoms with E-state index >= 15 is 0 Å². The summed E-state index contributed by atoms with van der Waals surface area (Å²) in [4.78, 5) is 57.5. The summed E-state index contributed by atoms with van der Waals surface area (Å²) in [7, 11) is 0. The molecule has 2 saturated heterocycles. The maximum atomic E-state index is 13.5. The lowest BCUT2D eigenvalue weighted by Gasteiger charge is -2.38. The summed E-state index contributed by atoms with van der Waals surface area (Å²) in [5.41, 5.74) is 4.23. The molecule has 4 aromatic rings. The van der Waals surface area contributed by atoms with Crippen LogP contribution in [-0.2, 0) is 17.8 Å². The summed E-state index contributed by atoms with van der Waals surface area (Å²) < 4.78 is 6.08. The Hall–Kier alpha value is -4.99. The first-order chi connectivity index (χ1) is 25.8. The van der Waals surface area contributed by atoms with Gasteiger partial charge in [0.05, 0.1) is 33.3 Å². The molecule has 0 bridgehead atoms. The minimum Gasteiger partial charge on any atom is -0.490 e. The number of benzene rings is 1. The van der Waals surface area contributed by atoms with E-state index in [4.69, 9.17) is 21.6 Å². The highest BCUT2D eigenvalue weighted by Gasteiger charge is 2.31. The van der Waals surface area contributed by atoms with Gasteiger partial charge in [0.25, 0.3) is 11.5 Å². The van der Waals surface area contributed by atoms with Gasteiger partial charge in [-0.3, -0.25) is 24.3 Å². The number of hydrogen-bond acceptors (Lipinski definition) is 9. The summed E-state index contributed by atoms with van der Waals surface area (Å²) in [6.45, 7) is 7.16. The molecule has 2 aliphatic heterocycles. The molecule has 2 N–H and O–H groups in total. The number of amides is 2. The molecule has 53 heavy (non-hydrogen) atoms. The number of nitriles is 1. The molecule has 0 atom stereocenters. The number of carbonyl (C=O) groups is 2. The largest absolute Gasteiger partial charge is 0.490 e. The number of nitrogens with zero attached hydrogens (tertiary/aromatic N) is 6. The van der Waals surface area contributed by atoms with Gasteiger partial charge in [-0.15, -0.1) is 0 Å². The fourth-order valence-electron chi connectivity index (χ4n) is 7.67. The first-order valence-electron chi connectivity index (χ1n) is 18.7. The van der Waals surface area contributed by atoms with Gasteiger partial charge in [-0.2, -0.15) is 5.26 Å². The van der Waals surface area contributed by atoms with Gasteiger partial charge in [0.2, 0.25) is 5.91 Å². The molecular weight excluding hydrogens is 692 g/mol. The topological polar surface area (TPSA) is 148 Å². The first kappa shape index (κ1) is 36.4. The summed E-state index contributed by atoms with van der Waals surface area (Å²) in [6, 6.07) is 14.8. The SMILES string of the molecule is CCc1cc2ncc(CN3CCN(C(=O)C4CCN(c5ccc(C(=O)NC6CCC(Oc7ccc(C#N)c(Cl)c7)CC6)cn5)CC4)CC3)cc2[nH]c1=O. The highest BCUT2D eigenvalue weighted by Crippen LogP contribution is 2.28. The van der Waals surface area contributed by atoms with Crippen LogP contribution in [0, 0.1) is 17.2 Å². The summed E-state index contributed by atoms with van der Waals surface area (Å²) in [5, 5.41) is 12.6. The van der Waals surface area contributed by atoms with Crippen molar-refractivity contribution in [1.29, 1.82) is 5.26 Å². The van der Waals surface area contributed by atoms with Crippen LogP contribution < -0.4 is 20.5 Å². The van der Waals surface area contributed by atoms with Gasteiger partial charge in [0.1, 0.15) is 17.6 Å². The molecule has 3 aliphatic rings. The second kappa shape index (κ2) is 16.4. The predicted molar refractivity (Wildman–Crippen MR) is 203 cm³/mol. The van der Waals surface area contributed by atoms with Crippen LogP contribution >= 0.6 is 11.6 Å². The number of aromatic nitrogens is 3. The number of piperidine rings is 1. The summed E-state index contributed by atoms with van der Waals surface area (Å²) in [6.07, 6.45) is 9.00. The minimum absolute atomic E-state index is 0.000206. The lowest BCUT2D eigenvalue weighted by atomic mass is 9.92. The van der Waals surface area contributed by atoms with Crippen molar-refractivity contribution in [2.75, 3.05) is 44.2 Å². The van der Waals surface area contributed by atoms with Crippen LogP contribution in [0.5, 0.6) is 5.75 Å². The van der Waals surface area contributed by atoms with E-state index in [1.165, 1.54) is 0 Å². The number of aryl methyl sites for hydroxylation is 1. The standard InChI is InChI=1S/C40H45ClN8O4/c1-2-27-20-35-36(46-38(27)50)19-26(23-43-35)25-47-15-17-49(18-16-47)40(52)28-11-13-48(14-12-28)37-10-4-30(24-44-37)39(51)45-31-5-8-32(9-6-31)53-33-7-3-29(22-42)34(41)21-33/h3-4,7,10,19-21,23-24,28,31-32H,2,5-6,8-9,11-18,25H2,1H3,(H,45,51)(H,46,50). The van der Waals surface area contributed by atoms with Crippen molar-refractivity contribution in [2.45, 2.75) is 70.6 Å². The molecule has 0 spiro atoms. The average Bonchev–Trinajstić information content (AvgIpc) is 3.18. The quantitative estimate of drug-likeness (QED) is 0.240. The maximum Gasteiger partial charge on any atom is 0.253 e. The second-order valence-electron chi connectivity index (χ2n) is 14.3. The Bertz CT molecular complexity index is 2040. The molecule has 0 unspecified atom stereocenters. The average molecular weight is 737 g/mol. The molecule has 1 aliphatic carbocycles. The van der Waals surface area contributed by atoms with E-state index in [-0.39, 0.29) is 35.4 Å². The number of pyridine rings is 3. The zero-order valence-corrected chi connectivity index (χ0v) is 30.8. The smallest absolute Gasteiger partial charge is 0.253 e. The van der Waals surface area contributed by atoms with Crippen molar-refractivity contribution in [1.82, 2.24) is 30.1 Å². The van der Waals surface area contributed by atoms with Crippen LogP contribution in [0.2, 0.25) is 5.02 Å². The van der Waals surface area contributed by atoms with Gasteiger partial charge >= 0.3 is 0 Å². The van der Waals surface area contributed by atoms with Crippen molar-refractivity contribution in [2.24, 2.45) is 5.92 Å². The number of carbonyl (C=O) groups excluding carboxylic acids is 2. The van der Waals surface area contributed by atoms with Gasteiger partial charge in [0.15, 0.2) is 0 Å². The molecule has 12 nitrogen and oxygen atoms in total. The van der Waals surface area contributed by atoms with Crippen LogP contribution in [0.15, 0.2) is 59.7 Å². The molecule has 1 saturated carbocycles. The molecule has 2 amide bonds. The minimum atomic E-state index is -0.132. The molecule has 3 aromatic heterocycles. The summed E-state index contributed by atoms with van der Waals surface area (Å²) >= 11 is 6.14. The normalized spacial score (nSPS) is 19.9. The van der Waals surface area contributed by atoms with E-state index < -0.39 is 0 Å². The molecule has 7 rings (SSSR count). The Kier molecular flexibility index (Phi) is 11.2. The van der Waals surface area contributed by atoms with Crippen molar-refractivity contribution >= 4 is 40.3 Å². The number of H-pyrrole nitrogens is 1. The number of nitrogens with one attached hydrogen (secondary N) is 2. The highest BCUT2D eigenvalue weighted by atomic mass is 35.5. The molecule has 1 aromatic carbocycles. The van der Waals surface area contributed by atoms with E-state index in [1.807, 2.05) is 42.3 Å². The lowest BCUT2D eigenvalue weighted by Crippen LogP contribution is -2.51. The van der Waals surface area contributed by atoms with Crippen LogP contribution in [0.25, 0.3) is 11.0 Å². The molecule has 3 fully saturated rings. The number of fused-ring (bicyclic) bond motifs is 1. The van der Waals surface area contributed by atoms with Crippen LogP contribution in [0.4, 0.5) is 5.82 Å². The monoisotopic (exact) mass is 736 g/mol. The first-order valence-corrected chi connectivity index (χ1v) is 19.0. The fourth-order valence-corrected chi connectivity index (χ4v) is 7.88. The van der Waals surface area contributed by atoms with Gasteiger partial charge in [-0.05, 0) is 86.9 Å². The Morgan fingerprint density at radius 2 is 1.74 bits per heavy atom. The second-order valence-corrected chi connectivity index (χ2v) is 14.7. The van der Waals surface area contributed by atoms with E-state index in [1.54, 1.807) is 24.4 Å². The van der Waals surface area contributed by atoms with Crippen LogP contribution in [0.3, 0.4) is 0 Å². The predicted octanol–water partition coefficient (Wildman–Crippen LogP) is 5.09. The van der Waals surface area contributed by atoms with Gasteiger partial charge in [-0.1, -0.05) is 18.5 Å².